The predicted octanol–water partition coefficient (Wildman–Crippen LogP) is 5.40. The fourth-order valence-corrected chi connectivity index (χ4v) is 9.20. The minimum Gasteiger partial charge on any atom is -0.461 e. The van der Waals surface area contributed by atoms with Crippen molar-refractivity contribution < 1.29 is 24.6 Å². The number of oxime groups is 1. The second-order valence-corrected chi connectivity index (χ2v) is 13.5. The number of carbonyl (C=O) groups excluding carboxylic acids is 2. The third kappa shape index (κ3) is 4.39. The van der Waals surface area contributed by atoms with Crippen LogP contribution in [0.3, 0.4) is 0 Å². The number of aliphatic hydroxyl groups excluding tert-OH is 1. The van der Waals surface area contributed by atoms with Crippen LogP contribution < -0.4 is 0 Å². The Morgan fingerprint density at radius 1 is 1.26 bits per heavy atom. The Kier molecular flexibility index (Phi) is 7.52. The van der Waals surface area contributed by atoms with E-state index < -0.39 is 23.0 Å². The number of Topliss-reactive ketones (excluding diaryl/α,β-unsaturated/α-hetero) is 1. The normalized spacial score (nSPS) is 47.0. The van der Waals surface area contributed by atoms with E-state index in [9.17, 15) is 14.7 Å². The molecule has 0 radical (unpaired) electrons. The zero-order chi connectivity index (χ0) is 25.6. The van der Waals surface area contributed by atoms with Gasteiger partial charge in [0.15, 0.2) is 0 Å². The van der Waals surface area contributed by atoms with Crippen molar-refractivity contribution in [2.45, 2.75) is 103 Å². The number of nitrogens with zero attached hydrogens (tertiary/aromatic N) is 1. The van der Waals surface area contributed by atoms with Gasteiger partial charge in [0.25, 0.3) is 0 Å². The number of ether oxygens (including phenoxy) is 1. The summed E-state index contributed by atoms with van der Waals surface area (Å²) in [6.07, 6.45) is 7.88. The van der Waals surface area contributed by atoms with Gasteiger partial charge >= 0.3 is 5.97 Å². The van der Waals surface area contributed by atoms with Crippen LogP contribution in [-0.2, 0) is 14.3 Å². The molecular formula is C28H43NO5S. The average molecular weight is 506 g/mol. The fraction of sp³-hybridized carbons (Fsp3) is 0.821. The molecule has 0 aromatic rings. The molecule has 5 unspecified atom stereocenters. The van der Waals surface area contributed by atoms with Crippen LogP contribution in [0.15, 0.2) is 17.8 Å². The molecule has 0 heterocycles. The Morgan fingerprint density at radius 2 is 2.00 bits per heavy atom. The maximum absolute atomic E-state index is 13.5. The minimum atomic E-state index is -0.652. The molecule has 7 heteroatoms. The van der Waals surface area contributed by atoms with Gasteiger partial charge in [-0.25, -0.2) is 0 Å². The highest BCUT2D eigenvalue weighted by Crippen LogP contribution is 2.68. The molecule has 4 rings (SSSR count). The number of ketones is 1. The molecule has 0 aromatic carbocycles. The molecule has 0 aromatic heterocycles. The van der Waals surface area contributed by atoms with Crippen LogP contribution in [0.25, 0.3) is 0 Å². The number of carbonyl (C=O) groups is 2. The third-order valence-electron chi connectivity index (χ3n) is 10.6. The lowest BCUT2D eigenvalue weighted by Gasteiger charge is -2.61. The first-order chi connectivity index (χ1) is 16.5. The van der Waals surface area contributed by atoms with Crippen molar-refractivity contribution in [3.63, 3.8) is 0 Å². The first kappa shape index (κ1) is 26.7. The molecule has 6 nitrogen and oxygen atoms in total. The molecule has 35 heavy (non-hydrogen) atoms. The average Bonchev–Trinajstić information content (AvgIpc) is 3.21. The smallest absolute Gasteiger partial charge is 0.316 e. The monoisotopic (exact) mass is 505 g/mol. The van der Waals surface area contributed by atoms with Gasteiger partial charge in [-0.2, -0.15) is 0 Å². The number of hydrogen-bond donors (Lipinski definition) is 2. The summed E-state index contributed by atoms with van der Waals surface area (Å²) in [6, 6.07) is 0. The van der Waals surface area contributed by atoms with E-state index in [1.54, 1.807) is 11.8 Å². The van der Waals surface area contributed by atoms with Gasteiger partial charge in [0, 0.05) is 34.8 Å². The number of esters is 1. The Hall–Kier alpha value is -1.34. The van der Waals surface area contributed by atoms with Gasteiger partial charge in [-0.15, -0.1) is 18.3 Å². The quantitative estimate of drug-likeness (QED) is 0.225. The standard InChI is InChI=1S/C28H43NO5S/c1-6-26(4)15-22(34-23(31)16-35-20-9-7-8-19(14-20)29-33)27(5)17(2)10-12-28(18(3)25(26)32)13-11-21(30)24(27)28/h6,17-18,20,22,24-25,32-33H,1,7-16H2,2-5H3/b29-19+/t17?,18-,20?,22+,24?,25?,26+,27-,28?/m0/s1. The molecule has 4 saturated carbocycles. The van der Waals surface area contributed by atoms with Crippen molar-refractivity contribution in [3.8, 4) is 0 Å². The summed E-state index contributed by atoms with van der Waals surface area (Å²) in [7, 11) is 0. The molecule has 0 amide bonds. The zero-order valence-electron chi connectivity index (χ0n) is 21.8. The molecular weight excluding hydrogens is 462 g/mol. The number of thioether (sulfide) groups is 1. The Morgan fingerprint density at radius 3 is 2.69 bits per heavy atom. The third-order valence-corrected chi connectivity index (χ3v) is 11.9. The topological polar surface area (TPSA) is 96.2 Å². The molecule has 4 aliphatic carbocycles. The van der Waals surface area contributed by atoms with Gasteiger partial charge in [0.1, 0.15) is 11.9 Å². The van der Waals surface area contributed by atoms with Crippen molar-refractivity contribution in [2.24, 2.45) is 39.2 Å². The van der Waals surface area contributed by atoms with E-state index in [0.717, 1.165) is 44.2 Å². The maximum atomic E-state index is 13.5. The molecule has 196 valence electrons. The summed E-state index contributed by atoms with van der Waals surface area (Å²) in [4.78, 5) is 26.7. The Bertz CT molecular complexity index is 891. The summed E-state index contributed by atoms with van der Waals surface area (Å²) in [6.45, 7) is 12.6. The Labute approximate surface area is 214 Å². The van der Waals surface area contributed by atoms with E-state index in [0.29, 0.717) is 19.3 Å². The van der Waals surface area contributed by atoms with Crippen molar-refractivity contribution in [3.05, 3.63) is 12.7 Å². The summed E-state index contributed by atoms with van der Waals surface area (Å²) in [5, 5.41) is 24.4. The molecule has 0 saturated heterocycles. The zero-order valence-corrected chi connectivity index (χ0v) is 22.6. The van der Waals surface area contributed by atoms with Gasteiger partial charge in [-0.1, -0.05) is 38.9 Å². The van der Waals surface area contributed by atoms with Gasteiger partial charge in [-0.3, -0.25) is 9.59 Å². The first-order valence-corrected chi connectivity index (χ1v) is 14.4. The highest BCUT2D eigenvalue weighted by atomic mass is 32.2. The fourth-order valence-electron chi connectivity index (χ4n) is 8.11. The predicted molar refractivity (Wildman–Crippen MR) is 139 cm³/mol. The van der Waals surface area contributed by atoms with Crippen LogP contribution in [0.1, 0.15) is 85.5 Å². The Balaban J connectivity index is 1.62. The van der Waals surface area contributed by atoms with Crippen LogP contribution in [0, 0.1) is 34.0 Å². The molecule has 4 fully saturated rings. The lowest BCUT2D eigenvalue weighted by molar-refractivity contribution is -0.205. The van der Waals surface area contributed by atoms with Crippen molar-refractivity contribution >= 4 is 29.2 Å². The highest BCUT2D eigenvalue weighted by Gasteiger charge is 2.68. The SMILES string of the molecule is C=C[C@]1(C)C[C@@H](OC(=O)CSC2CCC/C(=N\O)C2)[C@]2(C)C(C)CCC3(CCC(=O)C32)[C@@H](C)C1O. The van der Waals surface area contributed by atoms with Gasteiger partial charge in [-0.05, 0) is 62.2 Å². The first-order valence-electron chi connectivity index (χ1n) is 13.4. The molecule has 4 aliphatic rings. The van der Waals surface area contributed by atoms with Crippen molar-refractivity contribution in [1.82, 2.24) is 0 Å². The van der Waals surface area contributed by atoms with Crippen LogP contribution in [0.5, 0.6) is 0 Å². The van der Waals surface area contributed by atoms with E-state index >= 15 is 0 Å². The second-order valence-electron chi connectivity index (χ2n) is 12.3. The molecule has 9 atom stereocenters. The van der Waals surface area contributed by atoms with Gasteiger partial charge in [0.05, 0.1) is 17.6 Å². The highest BCUT2D eigenvalue weighted by molar-refractivity contribution is 8.00. The summed E-state index contributed by atoms with van der Waals surface area (Å²) < 4.78 is 6.31. The van der Waals surface area contributed by atoms with Crippen LogP contribution in [0.4, 0.5) is 0 Å². The van der Waals surface area contributed by atoms with Crippen LogP contribution >= 0.6 is 11.8 Å². The lowest BCUT2D eigenvalue weighted by Crippen LogP contribution is -2.63. The van der Waals surface area contributed by atoms with E-state index in [1.165, 1.54) is 0 Å². The van der Waals surface area contributed by atoms with Gasteiger partial charge in [0.2, 0.25) is 0 Å². The summed E-state index contributed by atoms with van der Waals surface area (Å²) in [5.41, 5.74) is -0.558. The summed E-state index contributed by atoms with van der Waals surface area (Å²) in [5.74, 6) is 0.231. The van der Waals surface area contributed by atoms with E-state index in [2.05, 4.69) is 32.5 Å². The van der Waals surface area contributed by atoms with E-state index in [4.69, 9.17) is 9.94 Å². The maximum Gasteiger partial charge on any atom is 0.316 e. The van der Waals surface area contributed by atoms with E-state index in [-0.39, 0.29) is 45.9 Å². The van der Waals surface area contributed by atoms with Crippen molar-refractivity contribution in [2.75, 3.05) is 5.75 Å². The van der Waals surface area contributed by atoms with Crippen LogP contribution in [0.2, 0.25) is 0 Å². The molecule has 2 N–H and O–H groups in total. The molecule has 0 spiro atoms. The van der Waals surface area contributed by atoms with Gasteiger partial charge < -0.3 is 15.1 Å². The molecule has 0 aliphatic heterocycles. The van der Waals surface area contributed by atoms with Crippen LogP contribution in [-0.4, -0.2) is 51.0 Å². The second kappa shape index (κ2) is 9.85. The number of aliphatic hydroxyl groups is 1. The van der Waals surface area contributed by atoms with Crippen molar-refractivity contribution in [1.29, 1.82) is 0 Å². The minimum absolute atomic E-state index is 0.0327. The molecule has 2 bridgehead atoms. The van der Waals surface area contributed by atoms with E-state index in [1.807, 2.05) is 13.0 Å². The summed E-state index contributed by atoms with van der Waals surface area (Å²) >= 11 is 1.57. The largest absolute Gasteiger partial charge is 0.461 e. The number of hydrogen-bond acceptors (Lipinski definition) is 7. The lowest BCUT2D eigenvalue weighted by atomic mass is 9.44. The number of rotatable bonds is 5.